The Kier molecular flexibility index (Phi) is 3.17. The monoisotopic (exact) mass is 237 g/mol. The molecule has 3 N–H and O–H groups in total. The zero-order chi connectivity index (χ0) is 12.3. The van der Waals surface area contributed by atoms with Gasteiger partial charge < -0.3 is 4.84 Å². The number of hydrazine groups is 1. The fraction of sp³-hybridized carbons (Fsp3) is 0.222. The van der Waals surface area contributed by atoms with E-state index < -0.39 is 5.97 Å². The lowest BCUT2D eigenvalue weighted by molar-refractivity contribution is -0.151. The van der Waals surface area contributed by atoms with Crippen LogP contribution >= 0.6 is 0 Å². The number of rotatable bonds is 4. The Morgan fingerprint density at radius 1 is 1.53 bits per heavy atom. The molecule has 17 heavy (non-hydrogen) atoms. The normalized spacial score (nSPS) is 10.6. The lowest BCUT2D eigenvalue weighted by Crippen LogP contribution is -2.28. The van der Waals surface area contributed by atoms with Crippen molar-refractivity contribution < 1.29 is 9.63 Å². The van der Waals surface area contributed by atoms with Gasteiger partial charge in [0.15, 0.2) is 5.65 Å². The number of hydrogen-bond acceptors (Lipinski definition) is 6. The summed E-state index contributed by atoms with van der Waals surface area (Å²) in [6.45, 7) is 0.140. The average molecular weight is 237 g/mol. The van der Waals surface area contributed by atoms with Crippen molar-refractivity contribution >= 4 is 11.6 Å². The molecule has 0 aliphatic heterocycles. The Labute approximate surface area is 95.5 Å². The zero-order valence-corrected chi connectivity index (χ0v) is 8.87. The van der Waals surface area contributed by atoms with E-state index in [9.17, 15) is 9.59 Å². The molecule has 0 aliphatic carbocycles. The molecular formula is C9H11N5O3. The molecule has 0 amide bonds. The van der Waals surface area contributed by atoms with Gasteiger partial charge in [0.25, 0.3) is 0 Å². The standard InChI is InChI=1S/C9H11N5O3/c10-12-17-8(15)4-6-14-9(16)13-5-2-1-3-7(13)11-14/h1-3,5,12H,4,6,10H2. The highest BCUT2D eigenvalue weighted by atomic mass is 16.7. The predicted octanol–water partition coefficient (Wildman–Crippen LogP) is -1.19. The molecular weight excluding hydrogens is 226 g/mol. The van der Waals surface area contributed by atoms with Crippen molar-refractivity contribution in [2.45, 2.75) is 13.0 Å². The van der Waals surface area contributed by atoms with Crippen LogP contribution in [0.3, 0.4) is 0 Å². The second-order valence-corrected chi connectivity index (χ2v) is 3.28. The maximum Gasteiger partial charge on any atom is 0.350 e. The molecule has 0 saturated carbocycles. The molecule has 0 aromatic carbocycles. The minimum absolute atomic E-state index is 0.00793. The topological polar surface area (TPSA) is 104 Å². The van der Waals surface area contributed by atoms with Gasteiger partial charge in [0, 0.05) is 6.20 Å². The van der Waals surface area contributed by atoms with Crippen molar-refractivity contribution in [1.29, 1.82) is 0 Å². The first kappa shape index (κ1) is 11.3. The van der Waals surface area contributed by atoms with Gasteiger partial charge in [0.05, 0.1) is 13.0 Å². The van der Waals surface area contributed by atoms with Crippen molar-refractivity contribution in [3.8, 4) is 0 Å². The molecule has 0 spiro atoms. The quantitative estimate of drug-likeness (QED) is 0.511. The van der Waals surface area contributed by atoms with E-state index in [0.717, 1.165) is 0 Å². The Morgan fingerprint density at radius 2 is 2.35 bits per heavy atom. The Hall–Kier alpha value is -2.19. The number of aromatic nitrogens is 3. The van der Waals surface area contributed by atoms with Crippen LogP contribution in [0.1, 0.15) is 6.42 Å². The Bertz CT molecular complexity index is 588. The van der Waals surface area contributed by atoms with E-state index in [1.54, 1.807) is 30.0 Å². The molecule has 0 unspecified atom stereocenters. The molecule has 2 aromatic rings. The van der Waals surface area contributed by atoms with Crippen LogP contribution in [0, 0.1) is 0 Å². The fourth-order valence-corrected chi connectivity index (χ4v) is 1.43. The minimum Gasteiger partial charge on any atom is -0.356 e. The number of pyridine rings is 1. The van der Waals surface area contributed by atoms with E-state index >= 15 is 0 Å². The second kappa shape index (κ2) is 4.76. The summed E-state index contributed by atoms with van der Waals surface area (Å²) in [6, 6.07) is 5.21. The van der Waals surface area contributed by atoms with E-state index in [1.807, 2.05) is 0 Å². The number of aryl methyl sites for hydroxylation is 1. The summed E-state index contributed by atoms with van der Waals surface area (Å²) in [5, 5.41) is 4.05. The molecule has 0 saturated heterocycles. The Morgan fingerprint density at radius 3 is 3.06 bits per heavy atom. The third-order valence-electron chi connectivity index (χ3n) is 2.19. The van der Waals surface area contributed by atoms with Crippen LogP contribution in [-0.4, -0.2) is 20.2 Å². The molecule has 8 heteroatoms. The van der Waals surface area contributed by atoms with Gasteiger partial charge in [-0.05, 0) is 12.1 Å². The van der Waals surface area contributed by atoms with Crippen molar-refractivity contribution in [2.75, 3.05) is 0 Å². The first-order chi connectivity index (χ1) is 8.22. The maximum absolute atomic E-state index is 11.8. The average Bonchev–Trinajstić information content (AvgIpc) is 2.65. The number of hydrogen-bond donors (Lipinski definition) is 2. The lowest BCUT2D eigenvalue weighted by atomic mass is 10.4. The predicted molar refractivity (Wildman–Crippen MR) is 57.5 cm³/mol. The highest BCUT2D eigenvalue weighted by Gasteiger charge is 2.08. The largest absolute Gasteiger partial charge is 0.356 e. The van der Waals surface area contributed by atoms with Crippen LogP contribution in [0.2, 0.25) is 0 Å². The van der Waals surface area contributed by atoms with Crippen molar-refractivity contribution in [3.63, 3.8) is 0 Å². The van der Waals surface area contributed by atoms with Crippen molar-refractivity contribution in [1.82, 2.24) is 19.8 Å². The van der Waals surface area contributed by atoms with Crippen molar-refractivity contribution in [3.05, 3.63) is 34.9 Å². The van der Waals surface area contributed by atoms with E-state index in [-0.39, 0.29) is 18.7 Å². The van der Waals surface area contributed by atoms with E-state index in [1.165, 1.54) is 9.08 Å². The summed E-state index contributed by atoms with van der Waals surface area (Å²) in [7, 11) is 0. The highest BCUT2D eigenvalue weighted by Crippen LogP contribution is 1.96. The minimum atomic E-state index is -0.559. The summed E-state index contributed by atoms with van der Waals surface area (Å²) in [5.41, 5.74) is 2.02. The molecule has 8 nitrogen and oxygen atoms in total. The molecule has 0 fully saturated rings. The summed E-state index contributed by atoms with van der Waals surface area (Å²) < 4.78 is 2.60. The molecule has 0 bridgehead atoms. The van der Waals surface area contributed by atoms with Crippen LogP contribution in [0.4, 0.5) is 0 Å². The number of nitrogens with two attached hydrogens (primary N) is 1. The molecule has 0 atom stereocenters. The van der Waals surface area contributed by atoms with E-state index in [0.29, 0.717) is 5.65 Å². The number of fused-ring (bicyclic) bond motifs is 1. The van der Waals surface area contributed by atoms with Gasteiger partial charge in [0.1, 0.15) is 0 Å². The summed E-state index contributed by atoms with van der Waals surface area (Å²) in [5.74, 6) is 4.25. The van der Waals surface area contributed by atoms with Gasteiger partial charge in [0.2, 0.25) is 0 Å². The molecule has 0 aliphatic rings. The number of nitrogens with one attached hydrogen (secondary N) is 1. The van der Waals surface area contributed by atoms with Gasteiger partial charge in [-0.3, -0.25) is 9.20 Å². The third kappa shape index (κ3) is 2.32. The third-order valence-corrected chi connectivity index (χ3v) is 2.19. The smallest absolute Gasteiger partial charge is 0.350 e. The van der Waals surface area contributed by atoms with Crippen LogP contribution in [-0.2, 0) is 16.2 Å². The van der Waals surface area contributed by atoms with Gasteiger partial charge >= 0.3 is 11.7 Å². The van der Waals surface area contributed by atoms with Gasteiger partial charge in [-0.2, -0.15) is 0 Å². The van der Waals surface area contributed by atoms with Gasteiger partial charge in [-0.1, -0.05) is 11.7 Å². The van der Waals surface area contributed by atoms with Gasteiger partial charge in [-0.25, -0.2) is 15.3 Å². The van der Waals surface area contributed by atoms with Crippen molar-refractivity contribution in [2.24, 2.45) is 5.84 Å². The molecule has 2 aromatic heterocycles. The molecule has 0 radical (unpaired) electrons. The number of carbonyl (C=O) groups is 1. The summed E-state index contributed by atoms with van der Waals surface area (Å²) >= 11 is 0. The number of carbonyl (C=O) groups excluding carboxylic acids is 1. The lowest BCUT2D eigenvalue weighted by Gasteiger charge is -1.99. The molecule has 90 valence electrons. The van der Waals surface area contributed by atoms with Gasteiger partial charge in [-0.15, -0.1) is 5.10 Å². The zero-order valence-electron chi connectivity index (χ0n) is 8.87. The number of nitrogens with zero attached hydrogens (tertiary/aromatic N) is 3. The summed E-state index contributed by atoms with van der Waals surface area (Å²) in [6.07, 6.45) is 1.62. The van der Waals surface area contributed by atoms with E-state index in [4.69, 9.17) is 5.84 Å². The molecule has 2 heterocycles. The van der Waals surface area contributed by atoms with Crippen LogP contribution in [0.5, 0.6) is 0 Å². The summed E-state index contributed by atoms with van der Waals surface area (Å²) in [4.78, 5) is 27.1. The van der Waals surface area contributed by atoms with Crippen LogP contribution in [0.25, 0.3) is 5.65 Å². The first-order valence-electron chi connectivity index (χ1n) is 4.92. The maximum atomic E-state index is 11.8. The van der Waals surface area contributed by atoms with Crippen LogP contribution < -0.4 is 17.1 Å². The highest BCUT2D eigenvalue weighted by molar-refractivity contribution is 5.68. The fourth-order valence-electron chi connectivity index (χ4n) is 1.43. The first-order valence-corrected chi connectivity index (χ1v) is 4.92. The van der Waals surface area contributed by atoms with E-state index in [2.05, 4.69) is 9.94 Å². The second-order valence-electron chi connectivity index (χ2n) is 3.28. The molecule has 2 rings (SSSR count). The Balaban J connectivity index is 2.17. The SMILES string of the molecule is NNOC(=O)CCn1nc2ccccn2c1=O. The van der Waals surface area contributed by atoms with Crippen LogP contribution in [0.15, 0.2) is 29.2 Å².